The van der Waals surface area contributed by atoms with Crippen molar-refractivity contribution in [3.63, 3.8) is 0 Å². The van der Waals surface area contributed by atoms with Gasteiger partial charge in [-0.1, -0.05) is 5.16 Å². The van der Waals surface area contributed by atoms with Gasteiger partial charge in [0, 0.05) is 12.3 Å². The predicted octanol–water partition coefficient (Wildman–Crippen LogP) is 1.03. The molecule has 0 saturated heterocycles. The summed E-state index contributed by atoms with van der Waals surface area (Å²) >= 11 is 0. The van der Waals surface area contributed by atoms with Crippen molar-refractivity contribution in [1.29, 1.82) is 0 Å². The number of carbonyl (C=O) groups excluding carboxylic acids is 1. The summed E-state index contributed by atoms with van der Waals surface area (Å²) in [4.78, 5) is 11.4. The second-order valence-electron chi connectivity index (χ2n) is 3.23. The lowest BCUT2D eigenvalue weighted by atomic mass is 10.4. The lowest BCUT2D eigenvalue weighted by Crippen LogP contribution is -2.27. The van der Waals surface area contributed by atoms with Crippen LogP contribution in [0.4, 0.5) is 10.5 Å². The van der Waals surface area contributed by atoms with Gasteiger partial charge in [0.2, 0.25) is 0 Å². The Hall–Kier alpha value is -2.31. The summed E-state index contributed by atoms with van der Waals surface area (Å²) in [5, 5.41) is 15.2. The van der Waals surface area contributed by atoms with E-state index in [-0.39, 0.29) is 6.03 Å². The van der Waals surface area contributed by atoms with E-state index in [9.17, 15) is 4.79 Å². The van der Waals surface area contributed by atoms with Crippen LogP contribution < -0.4 is 10.6 Å². The maximum atomic E-state index is 11.4. The number of hydrogen-bond donors (Lipinski definition) is 3. The second-order valence-corrected chi connectivity index (χ2v) is 3.23. The number of aryl methyl sites for hydroxylation is 1. The molecule has 0 aromatic carbocycles. The average molecular weight is 221 g/mol. The van der Waals surface area contributed by atoms with E-state index in [2.05, 4.69) is 26.0 Å². The first-order chi connectivity index (χ1) is 7.74. The lowest BCUT2D eigenvalue weighted by molar-refractivity contribution is 0.250. The summed E-state index contributed by atoms with van der Waals surface area (Å²) in [5.41, 5.74) is 1.39. The number of nitrogens with one attached hydrogen (secondary N) is 3. The molecule has 16 heavy (non-hydrogen) atoms. The molecule has 2 rings (SSSR count). The summed E-state index contributed by atoms with van der Waals surface area (Å²) in [5.74, 6) is 0.611. The molecule has 0 aliphatic rings. The number of aromatic amines is 1. The van der Waals surface area contributed by atoms with Crippen molar-refractivity contribution < 1.29 is 9.32 Å². The van der Waals surface area contributed by atoms with E-state index in [1.807, 2.05) is 6.92 Å². The molecule has 2 amide bonds. The molecule has 2 heterocycles. The number of carbonyl (C=O) groups is 1. The van der Waals surface area contributed by atoms with Gasteiger partial charge in [0.05, 0.1) is 24.1 Å². The molecule has 7 nitrogen and oxygen atoms in total. The Labute approximate surface area is 91.2 Å². The van der Waals surface area contributed by atoms with E-state index in [1.165, 1.54) is 6.20 Å². The van der Waals surface area contributed by atoms with Gasteiger partial charge in [-0.05, 0) is 6.92 Å². The van der Waals surface area contributed by atoms with Crippen LogP contribution in [0.15, 0.2) is 23.0 Å². The van der Waals surface area contributed by atoms with Gasteiger partial charge >= 0.3 is 6.03 Å². The molecular weight excluding hydrogens is 210 g/mol. The summed E-state index contributed by atoms with van der Waals surface area (Å²) in [7, 11) is 0. The van der Waals surface area contributed by atoms with Crippen LogP contribution in [0, 0.1) is 6.92 Å². The van der Waals surface area contributed by atoms with E-state index in [0.29, 0.717) is 18.0 Å². The molecular formula is C9H11N5O2. The van der Waals surface area contributed by atoms with Crippen molar-refractivity contribution in [1.82, 2.24) is 20.7 Å². The molecule has 2 aromatic rings. The molecule has 0 atom stereocenters. The second kappa shape index (κ2) is 4.47. The highest BCUT2D eigenvalue weighted by Gasteiger charge is 2.04. The number of nitrogens with zero attached hydrogens (tertiary/aromatic N) is 2. The van der Waals surface area contributed by atoms with Gasteiger partial charge in [0.25, 0.3) is 0 Å². The Morgan fingerprint density at radius 2 is 2.50 bits per heavy atom. The van der Waals surface area contributed by atoms with Crippen LogP contribution in [0.3, 0.4) is 0 Å². The number of H-pyrrole nitrogens is 1. The van der Waals surface area contributed by atoms with Crippen molar-refractivity contribution in [3.05, 3.63) is 29.9 Å². The van der Waals surface area contributed by atoms with Gasteiger partial charge in [0.1, 0.15) is 0 Å². The van der Waals surface area contributed by atoms with E-state index in [4.69, 9.17) is 4.52 Å². The summed E-state index contributed by atoms with van der Waals surface area (Å²) in [6.07, 6.45) is 3.09. The lowest BCUT2D eigenvalue weighted by Gasteiger charge is -2.02. The third-order valence-corrected chi connectivity index (χ3v) is 1.86. The highest BCUT2D eigenvalue weighted by Crippen LogP contribution is 2.02. The molecule has 0 unspecified atom stereocenters. The Morgan fingerprint density at radius 3 is 3.12 bits per heavy atom. The first-order valence-electron chi connectivity index (χ1n) is 4.70. The topological polar surface area (TPSA) is 95.8 Å². The average Bonchev–Trinajstić information content (AvgIpc) is 2.87. The molecule has 0 bridgehead atoms. The van der Waals surface area contributed by atoms with E-state index < -0.39 is 0 Å². The highest BCUT2D eigenvalue weighted by atomic mass is 16.5. The molecule has 84 valence electrons. The molecule has 7 heteroatoms. The molecule has 0 aliphatic heterocycles. The SMILES string of the molecule is Cc1cc(CNC(=O)Nc2cn[nH]c2)on1. The fourth-order valence-electron chi connectivity index (χ4n) is 1.16. The van der Waals surface area contributed by atoms with Gasteiger partial charge in [-0.2, -0.15) is 5.10 Å². The standard InChI is InChI=1S/C9H11N5O2/c1-6-2-8(16-14-6)5-10-9(15)13-7-3-11-12-4-7/h2-4H,5H2,1H3,(H,11,12)(H2,10,13,15). The number of urea groups is 1. The summed E-state index contributed by atoms with van der Waals surface area (Å²) in [6, 6.07) is 1.44. The molecule has 0 radical (unpaired) electrons. The quantitative estimate of drug-likeness (QED) is 0.721. The van der Waals surface area contributed by atoms with Crippen LogP contribution in [-0.2, 0) is 6.54 Å². The zero-order chi connectivity index (χ0) is 11.4. The fraction of sp³-hybridized carbons (Fsp3) is 0.222. The van der Waals surface area contributed by atoms with Gasteiger partial charge in [-0.15, -0.1) is 0 Å². The Kier molecular flexibility index (Phi) is 2.86. The van der Waals surface area contributed by atoms with Gasteiger partial charge in [-0.3, -0.25) is 5.10 Å². The van der Waals surface area contributed by atoms with E-state index in [1.54, 1.807) is 12.3 Å². The third kappa shape index (κ3) is 2.59. The van der Waals surface area contributed by atoms with E-state index >= 15 is 0 Å². The molecule has 0 aliphatic carbocycles. The number of hydrogen-bond acceptors (Lipinski definition) is 4. The molecule has 0 saturated carbocycles. The maximum absolute atomic E-state index is 11.4. The first-order valence-corrected chi connectivity index (χ1v) is 4.70. The minimum atomic E-state index is -0.324. The number of amides is 2. The number of rotatable bonds is 3. The molecule has 0 fully saturated rings. The number of anilines is 1. The van der Waals surface area contributed by atoms with E-state index in [0.717, 1.165) is 5.69 Å². The van der Waals surface area contributed by atoms with Gasteiger partial charge in [0.15, 0.2) is 5.76 Å². The summed E-state index contributed by atoms with van der Waals surface area (Å²) in [6.45, 7) is 2.11. The van der Waals surface area contributed by atoms with Crippen molar-refractivity contribution in [3.8, 4) is 0 Å². The largest absolute Gasteiger partial charge is 0.359 e. The van der Waals surface area contributed by atoms with Gasteiger partial charge < -0.3 is 15.2 Å². The van der Waals surface area contributed by atoms with Crippen molar-refractivity contribution >= 4 is 11.7 Å². The van der Waals surface area contributed by atoms with Crippen LogP contribution in [0.25, 0.3) is 0 Å². The van der Waals surface area contributed by atoms with Crippen LogP contribution in [-0.4, -0.2) is 21.4 Å². The number of aromatic nitrogens is 3. The van der Waals surface area contributed by atoms with Crippen LogP contribution in [0.5, 0.6) is 0 Å². The van der Waals surface area contributed by atoms with Crippen LogP contribution >= 0.6 is 0 Å². The monoisotopic (exact) mass is 221 g/mol. The minimum absolute atomic E-state index is 0.296. The zero-order valence-electron chi connectivity index (χ0n) is 8.65. The van der Waals surface area contributed by atoms with Crippen molar-refractivity contribution in [2.24, 2.45) is 0 Å². The molecule has 2 aromatic heterocycles. The van der Waals surface area contributed by atoms with Crippen molar-refractivity contribution in [2.45, 2.75) is 13.5 Å². The predicted molar refractivity (Wildman–Crippen MR) is 55.7 cm³/mol. The summed E-state index contributed by atoms with van der Waals surface area (Å²) < 4.78 is 4.94. The fourth-order valence-corrected chi connectivity index (χ4v) is 1.16. The van der Waals surface area contributed by atoms with Gasteiger partial charge in [-0.25, -0.2) is 4.79 Å². The normalized spacial score (nSPS) is 10.1. The van der Waals surface area contributed by atoms with Crippen LogP contribution in [0.2, 0.25) is 0 Å². The molecule has 0 spiro atoms. The zero-order valence-corrected chi connectivity index (χ0v) is 8.65. The Morgan fingerprint density at radius 1 is 1.62 bits per heavy atom. The van der Waals surface area contributed by atoms with Crippen LogP contribution in [0.1, 0.15) is 11.5 Å². The highest BCUT2D eigenvalue weighted by molar-refractivity contribution is 5.88. The third-order valence-electron chi connectivity index (χ3n) is 1.86. The Bertz CT molecular complexity index is 462. The minimum Gasteiger partial charge on any atom is -0.359 e. The Balaban J connectivity index is 1.80. The molecule has 3 N–H and O–H groups in total. The first kappa shape index (κ1) is 10.2. The maximum Gasteiger partial charge on any atom is 0.319 e. The smallest absolute Gasteiger partial charge is 0.319 e. The van der Waals surface area contributed by atoms with Crippen molar-refractivity contribution in [2.75, 3.05) is 5.32 Å².